The Morgan fingerprint density at radius 3 is 2.33 bits per heavy atom. The van der Waals surface area contributed by atoms with E-state index in [2.05, 4.69) is 17.1 Å². The van der Waals surface area contributed by atoms with Gasteiger partial charge >= 0.3 is 0 Å². The molecule has 1 aliphatic rings. The lowest BCUT2D eigenvalue weighted by atomic mass is 10.2. The fraction of sp³-hybridized carbons (Fsp3) is 0.467. The maximum absolute atomic E-state index is 12.1. The molecule has 1 N–H and O–H groups in total. The summed E-state index contributed by atoms with van der Waals surface area (Å²) in [7, 11) is 0. The number of hydrogen-bond acceptors (Lipinski definition) is 3. The number of hydrogen-bond donors (Lipinski definition) is 1. The van der Waals surface area contributed by atoms with E-state index >= 15 is 0 Å². The molecule has 1 fully saturated rings. The van der Waals surface area contributed by atoms with Crippen LogP contribution in [-0.4, -0.2) is 54.3 Å². The summed E-state index contributed by atoms with van der Waals surface area (Å²) >= 11 is 5.78. The lowest BCUT2D eigenvalue weighted by molar-refractivity contribution is -0.136. The maximum Gasteiger partial charge on any atom is 0.233 e. The highest BCUT2D eigenvalue weighted by Crippen LogP contribution is 2.13. The molecular weight excluding hydrogens is 290 g/mol. The number of nitrogens with one attached hydrogen (secondary N) is 1. The molecule has 0 unspecified atom stereocenters. The smallest absolute Gasteiger partial charge is 0.233 e. The predicted molar refractivity (Wildman–Crippen MR) is 83.4 cm³/mol. The first-order valence-electron chi connectivity index (χ1n) is 7.14. The standard InChI is InChI=1S/C15H20ClN3O2/c1-2-18-7-9-19(10-8-18)15(21)11-14(20)17-13-5-3-12(16)4-6-13/h3-6H,2,7-11H2,1H3,(H,17,20). The van der Waals surface area contributed by atoms with Crippen molar-refractivity contribution in [3.63, 3.8) is 0 Å². The molecule has 0 aromatic heterocycles. The Morgan fingerprint density at radius 1 is 1.14 bits per heavy atom. The van der Waals surface area contributed by atoms with Crippen molar-refractivity contribution in [1.29, 1.82) is 0 Å². The van der Waals surface area contributed by atoms with Crippen molar-refractivity contribution in [1.82, 2.24) is 9.80 Å². The summed E-state index contributed by atoms with van der Waals surface area (Å²) in [6, 6.07) is 6.82. The lowest BCUT2D eigenvalue weighted by Gasteiger charge is -2.33. The van der Waals surface area contributed by atoms with Crippen LogP contribution in [0.3, 0.4) is 0 Å². The zero-order valence-electron chi connectivity index (χ0n) is 12.1. The molecule has 0 spiro atoms. The van der Waals surface area contributed by atoms with Crippen LogP contribution < -0.4 is 5.32 Å². The monoisotopic (exact) mass is 309 g/mol. The van der Waals surface area contributed by atoms with Gasteiger partial charge in [0.2, 0.25) is 11.8 Å². The minimum atomic E-state index is -0.291. The number of benzene rings is 1. The highest BCUT2D eigenvalue weighted by atomic mass is 35.5. The van der Waals surface area contributed by atoms with E-state index in [4.69, 9.17) is 11.6 Å². The number of nitrogens with zero attached hydrogens (tertiary/aromatic N) is 2. The van der Waals surface area contributed by atoms with Gasteiger partial charge in [0.15, 0.2) is 0 Å². The third kappa shape index (κ3) is 4.72. The van der Waals surface area contributed by atoms with Crippen molar-refractivity contribution in [3.8, 4) is 0 Å². The van der Waals surface area contributed by atoms with Crippen molar-refractivity contribution < 1.29 is 9.59 Å². The van der Waals surface area contributed by atoms with E-state index in [1.807, 2.05) is 0 Å². The Hall–Kier alpha value is -1.59. The molecule has 6 heteroatoms. The fourth-order valence-electron chi connectivity index (χ4n) is 2.30. The Labute approximate surface area is 129 Å². The molecule has 1 aromatic carbocycles. The van der Waals surface area contributed by atoms with Crippen LogP contribution in [0.2, 0.25) is 5.02 Å². The Balaban J connectivity index is 1.79. The number of anilines is 1. The molecule has 2 amide bonds. The predicted octanol–water partition coefficient (Wildman–Crippen LogP) is 1.83. The molecular formula is C15H20ClN3O2. The zero-order valence-corrected chi connectivity index (χ0v) is 12.9. The number of rotatable bonds is 4. The maximum atomic E-state index is 12.1. The lowest BCUT2D eigenvalue weighted by Crippen LogP contribution is -2.49. The van der Waals surface area contributed by atoms with Crippen LogP contribution in [0.4, 0.5) is 5.69 Å². The molecule has 1 heterocycles. The van der Waals surface area contributed by atoms with Crippen LogP contribution in [0.25, 0.3) is 0 Å². The number of carbonyl (C=O) groups excluding carboxylic acids is 2. The quantitative estimate of drug-likeness (QED) is 0.863. The van der Waals surface area contributed by atoms with Crippen molar-refractivity contribution in [2.75, 3.05) is 38.0 Å². The van der Waals surface area contributed by atoms with Crippen molar-refractivity contribution in [2.45, 2.75) is 13.3 Å². The first-order valence-corrected chi connectivity index (χ1v) is 7.52. The fourth-order valence-corrected chi connectivity index (χ4v) is 2.43. The highest BCUT2D eigenvalue weighted by Gasteiger charge is 2.21. The van der Waals surface area contributed by atoms with Crippen LogP contribution in [0.5, 0.6) is 0 Å². The largest absolute Gasteiger partial charge is 0.340 e. The van der Waals surface area contributed by atoms with Crippen molar-refractivity contribution >= 4 is 29.1 Å². The molecule has 1 saturated heterocycles. The average molecular weight is 310 g/mol. The van der Waals surface area contributed by atoms with Crippen molar-refractivity contribution in [2.24, 2.45) is 0 Å². The molecule has 0 aliphatic carbocycles. The topological polar surface area (TPSA) is 52.7 Å². The summed E-state index contributed by atoms with van der Waals surface area (Å²) in [5.41, 5.74) is 0.646. The van der Waals surface area contributed by atoms with Gasteiger partial charge in [0, 0.05) is 36.9 Å². The second-order valence-corrected chi connectivity index (χ2v) is 5.48. The van der Waals surface area contributed by atoms with Crippen LogP contribution in [0.1, 0.15) is 13.3 Å². The van der Waals surface area contributed by atoms with E-state index < -0.39 is 0 Å². The molecule has 0 radical (unpaired) electrons. The Morgan fingerprint density at radius 2 is 1.76 bits per heavy atom. The molecule has 1 aliphatic heterocycles. The van der Waals surface area contributed by atoms with Gasteiger partial charge in [-0.05, 0) is 30.8 Å². The number of likely N-dealkylation sites (N-methyl/N-ethyl adjacent to an activating group) is 1. The first kappa shape index (κ1) is 15.8. The second-order valence-electron chi connectivity index (χ2n) is 5.05. The normalized spacial score (nSPS) is 15.8. The summed E-state index contributed by atoms with van der Waals surface area (Å²) < 4.78 is 0. The van der Waals surface area contributed by atoms with Gasteiger partial charge in [0.25, 0.3) is 0 Å². The number of carbonyl (C=O) groups is 2. The Bertz CT molecular complexity index is 496. The minimum Gasteiger partial charge on any atom is -0.340 e. The van der Waals surface area contributed by atoms with Crippen molar-refractivity contribution in [3.05, 3.63) is 29.3 Å². The van der Waals surface area contributed by atoms with Gasteiger partial charge in [-0.15, -0.1) is 0 Å². The minimum absolute atomic E-state index is 0.114. The summed E-state index contributed by atoms with van der Waals surface area (Å²) in [6.07, 6.45) is -0.116. The SMILES string of the molecule is CCN1CCN(C(=O)CC(=O)Nc2ccc(Cl)cc2)CC1. The van der Waals surface area contributed by atoms with Gasteiger partial charge < -0.3 is 15.1 Å². The van der Waals surface area contributed by atoms with Crippen LogP contribution in [0, 0.1) is 0 Å². The van der Waals surface area contributed by atoms with Gasteiger partial charge in [-0.2, -0.15) is 0 Å². The molecule has 0 saturated carbocycles. The van der Waals surface area contributed by atoms with Gasteiger partial charge in [-0.1, -0.05) is 18.5 Å². The van der Waals surface area contributed by atoms with E-state index in [9.17, 15) is 9.59 Å². The molecule has 114 valence electrons. The average Bonchev–Trinajstić information content (AvgIpc) is 2.49. The summed E-state index contributed by atoms with van der Waals surface area (Å²) in [5, 5.41) is 3.31. The third-order valence-corrected chi connectivity index (χ3v) is 3.86. The van der Waals surface area contributed by atoms with E-state index in [1.54, 1.807) is 29.2 Å². The van der Waals surface area contributed by atoms with E-state index in [-0.39, 0.29) is 18.2 Å². The van der Waals surface area contributed by atoms with E-state index in [0.29, 0.717) is 23.8 Å². The molecule has 1 aromatic rings. The van der Waals surface area contributed by atoms with Gasteiger partial charge in [0.05, 0.1) is 0 Å². The third-order valence-electron chi connectivity index (χ3n) is 3.61. The zero-order chi connectivity index (χ0) is 15.2. The van der Waals surface area contributed by atoms with Crippen LogP contribution in [-0.2, 0) is 9.59 Å². The second kappa shape index (κ2) is 7.43. The van der Waals surface area contributed by atoms with Gasteiger partial charge in [-0.3, -0.25) is 9.59 Å². The van der Waals surface area contributed by atoms with E-state index in [1.165, 1.54) is 0 Å². The molecule has 2 rings (SSSR count). The number of halogens is 1. The highest BCUT2D eigenvalue weighted by molar-refractivity contribution is 6.30. The Kier molecular flexibility index (Phi) is 5.59. The first-order chi connectivity index (χ1) is 10.1. The molecule has 0 atom stereocenters. The van der Waals surface area contributed by atoms with Crippen LogP contribution >= 0.6 is 11.6 Å². The number of amides is 2. The van der Waals surface area contributed by atoms with Crippen LogP contribution in [0.15, 0.2) is 24.3 Å². The molecule has 0 bridgehead atoms. The summed E-state index contributed by atoms with van der Waals surface area (Å²) in [5.74, 6) is -0.405. The molecule has 21 heavy (non-hydrogen) atoms. The van der Waals surface area contributed by atoms with Gasteiger partial charge in [0.1, 0.15) is 6.42 Å². The molecule has 5 nitrogen and oxygen atoms in total. The summed E-state index contributed by atoms with van der Waals surface area (Å²) in [6.45, 7) is 6.25. The summed E-state index contributed by atoms with van der Waals surface area (Å²) in [4.78, 5) is 28.0. The number of piperazine rings is 1. The van der Waals surface area contributed by atoms with Gasteiger partial charge in [-0.25, -0.2) is 0 Å². The van der Waals surface area contributed by atoms with E-state index in [0.717, 1.165) is 19.6 Å².